The van der Waals surface area contributed by atoms with Gasteiger partial charge in [-0.05, 0) is 43.7 Å². The van der Waals surface area contributed by atoms with Crippen LogP contribution in [0.25, 0.3) is 0 Å². The lowest BCUT2D eigenvalue weighted by atomic mass is 9.89. The quantitative estimate of drug-likeness (QED) is 0.843. The normalized spacial score (nSPS) is 16.7. The van der Waals surface area contributed by atoms with Crippen molar-refractivity contribution in [1.82, 2.24) is 19.9 Å². The average molecular weight is 324 g/mol. The number of pyridine rings is 1. The number of nitrogens with zero attached hydrogens (tertiary/aromatic N) is 4. The molecule has 0 saturated carbocycles. The maximum absolute atomic E-state index is 13.2. The van der Waals surface area contributed by atoms with E-state index in [-0.39, 0.29) is 18.0 Å². The van der Waals surface area contributed by atoms with Crippen LogP contribution in [0.5, 0.6) is 0 Å². The van der Waals surface area contributed by atoms with Crippen molar-refractivity contribution >= 4 is 5.91 Å². The molecule has 0 bridgehead atoms. The fourth-order valence-corrected chi connectivity index (χ4v) is 3.64. The standard InChI is InChI=1S/C19H24N4O/c1-3-15(4-2)23(19(24)16-13-20-11-12-21-16)17-9-5-7-14-8-6-10-22-18(14)17/h6,8,10-13,15,17H,3-5,7,9H2,1-2H3/t17-/m1/s1. The number of carbonyl (C=O) groups excluding carboxylic acids is 1. The molecule has 0 aromatic carbocycles. The van der Waals surface area contributed by atoms with Crippen molar-refractivity contribution in [1.29, 1.82) is 0 Å². The van der Waals surface area contributed by atoms with Gasteiger partial charge < -0.3 is 4.90 Å². The highest BCUT2D eigenvalue weighted by molar-refractivity contribution is 5.92. The lowest BCUT2D eigenvalue weighted by molar-refractivity contribution is 0.0513. The van der Waals surface area contributed by atoms with E-state index in [4.69, 9.17) is 0 Å². The van der Waals surface area contributed by atoms with Crippen molar-refractivity contribution in [2.45, 2.75) is 58.0 Å². The zero-order valence-corrected chi connectivity index (χ0v) is 14.4. The number of aryl methyl sites for hydroxylation is 1. The second-order valence-electron chi connectivity index (χ2n) is 6.23. The molecule has 0 saturated heterocycles. The molecule has 1 atom stereocenters. The summed E-state index contributed by atoms with van der Waals surface area (Å²) in [6, 6.07) is 4.31. The minimum atomic E-state index is -0.0414. The Bertz CT molecular complexity index is 685. The van der Waals surface area contributed by atoms with E-state index < -0.39 is 0 Å². The van der Waals surface area contributed by atoms with Gasteiger partial charge in [0.15, 0.2) is 0 Å². The number of amides is 1. The van der Waals surface area contributed by atoms with Crippen LogP contribution in [0.3, 0.4) is 0 Å². The number of carbonyl (C=O) groups is 1. The predicted molar refractivity (Wildman–Crippen MR) is 92.5 cm³/mol. The van der Waals surface area contributed by atoms with Crippen molar-refractivity contribution in [3.8, 4) is 0 Å². The predicted octanol–water partition coefficient (Wildman–Crippen LogP) is 3.58. The SMILES string of the molecule is CCC(CC)N(C(=O)c1cnccn1)[C@@H]1CCCc2cccnc21. The number of rotatable bonds is 5. The molecule has 1 aliphatic rings. The maximum Gasteiger partial charge on any atom is 0.274 e. The summed E-state index contributed by atoms with van der Waals surface area (Å²) in [4.78, 5) is 28.1. The lowest BCUT2D eigenvalue weighted by Gasteiger charge is -2.39. The summed E-state index contributed by atoms with van der Waals surface area (Å²) >= 11 is 0. The van der Waals surface area contributed by atoms with Crippen molar-refractivity contribution < 1.29 is 4.79 Å². The molecule has 2 aromatic heterocycles. The average Bonchev–Trinajstić information content (AvgIpc) is 2.66. The molecular weight excluding hydrogens is 300 g/mol. The van der Waals surface area contributed by atoms with E-state index in [0.717, 1.165) is 37.8 Å². The van der Waals surface area contributed by atoms with Crippen LogP contribution in [-0.2, 0) is 6.42 Å². The van der Waals surface area contributed by atoms with E-state index >= 15 is 0 Å². The van der Waals surface area contributed by atoms with Crippen LogP contribution in [0.4, 0.5) is 0 Å². The Kier molecular flexibility index (Phi) is 5.18. The van der Waals surface area contributed by atoms with E-state index in [9.17, 15) is 4.79 Å². The van der Waals surface area contributed by atoms with Crippen molar-refractivity contribution in [3.05, 3.63) is 53.9 Å². The van der Waals surface area contributed by atoms with Crippen LogP contribution in [0.15, 0.2) is 36.9 Å². The summed E-state index contributed by atoms with van der Waals surface area (Å²) in [6.07, 6.45) is 11.5. The summed E-state index contributed by atoms with van der Waals surface area (Å²) in [6.45, 7) is 4.26. The molecule has 2 heterocycles. The van der Waals surface area contributed by atoms with Crippen LogP contribution in [0.1, 0.15) is 67.3 Å². The van der Waals surface area contributed by atoms with Crippen molar-refractivity contribution in [2.24, 2.45) is 0 Å². The van der Waals surface area contributed by atoms with E-state index in [1.54, 1.807) is 18.6 Å². The van der Waals surface area contributed by atoms with Gasteiger partial charge in [-0.25, -0.2) is 4.98 Å². The summed E-state index contributed by atoms with van der Waals surface area (Å²) in [7, 11) is 0. The third-order valence-electron chi connectivity index (χ3n) is 4.85. The number of hydrogen-bond acceptors (Lipinski definition) is 4. The van der Waals surface area contributed by atoms with Gasteiger partial charge >= 0.3 is 0 Å². The first-order valence-corrected chi connectivity index (χ1v) is 8.78. The summed E-state index contributed by atoms with van der Waals surface area (Å²) < 4.78 is 0. The van der Waals surface area contributed by atoms with Gasteiger partial charge in [-0.15, -0.1) is 0 Å². The van der Waals surface area contributed by atoms with Gasteiger partial charge in [0.1, 0.15) is 5.69 Å². The van der Waals surface area contributed by atoms with Gasteiger partial charge in [0.25, 0.3) is 5.91 Å². The Morgan fingerprint density at radius 1 is 1.25 bits per heavy atom. The first-order valence-electron chi connectivity index (χ1n) is 8.78. The van der Waals surface area contributed by atoms with Gasteiger partial charge in [0.2, 0.25) is 0 Å². The van der Waals surface area contributed by atoms with Gasteiger partial charge in [-0.3, -0.25) is 14.8 Å². The van der Waals surface area contributed by atoms with Crippen LogP contribution >= 0.6 is 0 Å². The molecule has 24 heavy (non-hydrogen) atoms. The van der Waals surface area contributed by atoms with E-state index in [2.05, 4.69) is 34.9 Å². The molecule has 3 rings (SSSR count). The zero-order valence-electron chi connectivity index (χ0n) is 14.4. The third-order valence-corrected chi connectivity index (χ3v) is 4.85. The van der Waals surface area contributed by atoms with E-state index in [0.29, 0.717) is 5.69 Å². The molecule has 1 aliphatic carbocycles. The van der Waals surface area contributed by atoms with Gasteiger partial charge in [-0.1, -0.05) is 19.9 Å². The highest BCUT2D eigenvalue weighted by Crippen LogP contribution is 2.35. The molecule has 5 nitrogen and oxygen atoms in total. The monoisotopic (exact) mass is 324 g/mol. The maximum atomic E-state index is 13.2. The molecule has 2 aromatic rings. The second kappa shape index (κ2) is 7.51. The molecule has 5 heteroatoms. The molecule has 0 spiro atoms. The topological polar surface area (TPSA) is 59.0 Å². The molecule has 0 aliphatic heterocycles. The van der Waals surface area contributed by atoms with Crippen molar-refractivity contribution in [2.75, 3.05) is 0 Å². The zero-order chi connectivity index (χ0) is 16.9. The van der Waals surface area contributed by atoms with Crippen LogP contribution in [0, 0.1) is 0 Å². The Hall–Kier alpha value is -2.30. The molecule has 0 fully saturated rings. The lowest BCUT2D eigenvalue weighted by Crippen LogP contribution is -2.44. The fraction of sp³-hybridized carbons (Fsp3) is 0.474. The number of hydrogen-bond donors (Lipinski definition) is 0. The second-order valence-corrected chi connectivity index (χ2v) is 6.23. The Balaban J connectivity index is 2.02. The Morgan fingerprint density at radius 2 is 2.08 bits per heavy atom. The minimum Gasteiger partial charge on any atom is -0.326 e. The first kappa shape index (κ1) is 16.6. The third kappa shape index (κ3) is 3.16. The largest absolute Gasteiger partial charge is 0.326 e. The van der Waals surface area contributed by atoms with Crippen molar-refractivity contribution in [3.63, 3.8) is 0 Å². The highest BCUT2D eigenvalue weighted by Gasteiger charge is 2.34. The molecular formula is C19H24N4O. The Labute approximate surface area is 143 Å². The molecule has 0 unspecified atom stereocenters. The van der Waals surface area contributed by atoms with Crippen LogP contribution < -0.4 is 0 Å². The molecule has 126 valence electrons. The first-order chi connectivity index (χ1) is 11.8. The van der Waals surface area contributed by atoms with Crippen LogP contribution in [-0.4, -0.2) is 31.8 Å². The van der Waals surface area contributed by atoms with Gasteiger partial charge in [-0.2, -0.15) is 0 Å². The van der Waals surface area contributed by atoms with Crippen LogP contribution in [0.2, 0.25) is 0 Å². The Morgan fingerprint density at radius 3 is 2.79 bits per heavy atom. The molecule has 0 radical (unpaired) electrons. The van der Waals surface area contributed by atoms with Gasteiger partial charge in [0, 0.05) is 24.6 Å². The number of fused-ring (bicyclic) bond motifs is 1. The minimum absolute atomic E-state index is 0.0226. The van der Waals surface area contributed by atoms with E-state index in [1.165, 1.54) is 5.56 Å². The highest BCUT2D eigenvalue weighted by atomic mass is 16.2. The smallest absolute Gasteiger partial charge is 0.274 e. The summed E-state index contributed by atoms with van der Waals surface area (Å²) in [5.74, 6) is -0.0414. The molecule has 0 N–H and O–H groups in total. The summed E-state index contributed by atoms with van der Waals surface area (Å²) in [5, 5.41) is 0. The van der Waals surface area contributed by atoms with Gasteiger partial charge in [0.05, 0.1) is 17.9 Å². The van der Waals surface area contributed by atoms with E-state index in [1.807, 2.05) is 17.2 Å². The fourth-order valence-electron chi connectivity index (χ4n) is 3.64. The molecule has 1 amide bonds. The number of aromatic nitrogens is 3. The summed E-state index contributed by atoms with van der Waals surface area (Å²) in [5.41, 5.74) is 2.72.